The van der Waals surface area contributed by atoms with E-state index in [0.717, 1.165) is 0 Å². The average molecular weight is 425 g/mol. The summed E-state index contributed by atoms with van der Waals surface area (Å²) in [4.78, 5) is 26.8. The molecule has 0 aliphatic carbocycles. The van der Waals surface area contributed by atoms with Crippen LogP contribution in [0.25, 0.3) is 22.1 Å². The first-order chi connectivity index (χ1) is 15.0. The number of hydrogen-bond donors (Lipinski definition) is 0. The SMILES string of the molecule is COc1ccc(-c2c(C)c3cc(OC(=O)N4CCOCC4)ccc3oc2=O)c(OC)c1. The summed E-state index contributed by atoms with van der Waals surface area (Å²) in [6.45, 7) is 3.78. The standard InChI is InChI=1S/C23H23NO7/c1-14-18-12-16(30-23(26)24-8-10-29-11-9-24)5-7-19(18)31-22(25)21(14)17-6-4-15(27-2)13-20(17)28-3/h4-7,12-13H,8-11H2,1-3H3. The van der Waals surface area contributed by atoms with Crippen LogP contribution in [0.2, 0.25) is 0 Å². The molecule has 0 radical (unpaired) electrons. The number of morpholine rings is 1. The lowest BCUT2D eigenvalue weighted by molar-refractivity contribution is 0.0416. The van der Waals surface area contributed by atoms with Crippen LogP contribution in [-0.4, -0.2) is 51.5 Å². The van der Waals surface area contributed by atoms with Crippen molar-refractivity contribution in [2.24, 2.45) is 0 Å². The highest BCUT2D eigenvalue weighted by Crippen LogP contribution is 2.36. The molecule has 0 spiro atoms. The first-order valence-corrected chi connectivity index (χ1v) is 9.86. The van der Waals surface area contributed by atoms with E-state index in [1.807, 2.05) is 6.92 Å². The molecule has 1 saturated heterocycles. The Morgan fingerprint density at radius 3 is 2.45 bits per heavy atom. The number of carbonyl (C=O) groups is 1. The molecule has 4 rings (SSSR count). The van der Waals surface area contributed by atoms with Gasteiger partial charge in [-0.2, -0.15) is 0 Å². The predicted molar refractivity (Wildman–Crippen MR) is 114 cm³/mol. The number of hydrogen-bond acceptors (Lipinski definition) is 7. The minimum absolute atomic E-state index is 0.369. The molecule has 1 fully saturated rings. The Balaban J connectivity index is 1.75. The van der Waals surface area contributed by atoms with Crippen LogP contribution < -0.4 is 19.8 Å². The number of carbonyl (C=O) groups excluding carboxylic acids is 1. The number of benzene rings is 2. The highest BCUT2D eigenvalue weighted by atomic mass is 16.6. The average Bonchev–Trinajstić information content (AvgIpc) is 2.80. The maximum absolute atomic E-state index is 12.8. The van der Waals surface area contributed by atoms with Crippen molar-refractivity contribution < 1.29 is 28.2 Å². The Bertz CT molecular complexity index is 1180. The third kappa shape index (κ3) is 4.06. The quantitative estimate of drug-likeness (QED) is 0.590. The maximum Gasteiger partial charge on any atom is 0.415 e. The maximum atomic E-state index is 12.8. The molecule has 3 aromatic rings. The predicted octanol–water partition coefficient (Wildman–Crippen LogP) is 3.62. The zero-order valence-electron chi connectivity index (χ0n) is 17.6. The number of nitrogens with zero attached hydrogens (tertiary/aromatic N) is 1. The number of amides is 1. The van der Waals surface area contributed by atoms with E-state index in [9.17, 15) is 9.59 Å². The molecule has 31 heavy (non-hydrogen) atoms. The Morgan fingerprint density at radius 2 is 1.74 bits per heavy atom. The highest BCUT2D eigenvalue weighted by molar-refractivity contribution is 5.89. The second-order valence-corrected chi connectivity index (χ2v) is 7.08. The van der Waals surface area contributed by atoms with Crippen molar-refractivity contribution in [3.8, 4) is 28.4 Å². The molecule has 8 nitrogen and oxygen atoms in total. The lowest BCUT2D eigenvalue weighted by Crippen LogP contribution is -2.42. The van der Waals surface area contributed by atoms with Gasteiger partial charge >= 0.3 is 11.7 Å². The van der Waals surface area contributed by atoms with Gasteiger partial charge in [-0.1, -0.05) is 0 Å². The minimum Gasteiger partial charge on any atom is -0.497 e. The van der Waals surface area contributed by atoms with Gasteiger partial charge in [0.15, 0.2) is 0 Å². The van der Waals surface area contributed by atoms with E-state index in [2.05, 4.69) is 0 Å². The molecule has 1 aromatic heterocycles. The van der Waals surface area contributed by atoms with E-state index in [1.165, 1.54) is 7.11 Å². The van der Waals surface area contributed by atoms with E-state index in [4.69, 9.17) is 23.4 Å². The molecule has 1 aliphatic heterocycles. The summed E-state index contributed by atoms with van der Waals surface area (Å²) in [7, 11) is 3.09. The van der Waals surface area contributed by atoms with E-state index < -0.39 is 11.7 Å². The zero-order valence-corrected chi connectivity index (χ0v) is 17.6. The Labute approximate surface area is 178 Å². The fourth-order valence-electron chi connectivity index (χ4n) is 3.62. The molecule has 1 aliphatic rings. The molecule has 0 saturated carbocycles. The van der Waals surface area contributed by atoms with Gasteiger partial charge in [0.25, 0.3) is 0 Å². The van der Waals surface area contributed by atoms with E-state index >= 15 is 0 Å². The van der Waals surface area contributed by atoms with Gasteiger partial charge in [0.1, 0.15) is 22.8 Å². The van der Waals surface area contributed by atoms with E-state index in [1.54, 1.807) is 48.4 Å². The Morgan fingerprint density at radius 1 is 1.00 bits per heavy atom. The molecular formula is C23H23NO7. The molecule has 0 atom stereocenters. The largest absolute Gasteiger partial charge is 0.497 e. The molecule has 2 heterocycles. The fourth-order valence-corrected chi connectivity index (χ4v) is 3.62. The third-order valence-corrected chi connectivity index (χ3v) is 5.29. The molecule has 0 unspecified atom stereocenters. The molecule has 1 amide bonds. The van der Waals surface area contributed by atoms with Gasteiger partial charge in [-0.25, -0.2) is 9.59 Å². The number of fused-ring (bicyclic) bond motifs is 1. The lowest BCUT2D eigenvalue weighted by atomic mass is 9.98. The molecule has 162 valence electrons. The van der Waals surface area contributed by atoms with Crippen LogP contribution in [0.15, 0.2) is 45.6 Å². The van der Waals surface area contributed by atoms with Gasteiger partial charge in [-0.05, 0) is 42.8 Å². The summed E-state index contributed by atoms with van der Waals surface area (Å²) < 4.78 is 27.1. The van der Waals surface area contributed by atoms with Gasteiger partial charge in [0, 0.05) is 30.1 Å². The van der Waals surface area contributed by atoms with Crippen molar-refractivity contribution >= 4 is 17.1 Å². The Hall–Kier alpha value is -3.52. The Kier molecular flexibility index (Phi) is 5.81. The van der Waals surface area contributed by atoms with Crippen molar-refractivity contribution in [2.45, 2.75) is 6.92 Å². The fraction of sp³-hybridized carbons (Fsp3) is 0.304. The molecule has 2 aromatic carbocycles. The van der Waals surface area contributed by atoms with Crippen LogP contribution in [0.5, 0.6) is 17.2 Å². The lowest BCUT2D eigenvalue weighted by Gasteiger charge is -2.25. The van der Waals surface area contributed by atoms with Crippen molar-refractivity contribution in [1.82, 2.24) is 4.90 Å². The van der Waals surface area contributed by atoms with Gasteiger partial charge in [0.2, 0.25) is 0 Å². The van der Waals surface area contributed by atoms with Crippen molar-refractivity contribution in [1.29, 1.82) is 0 Å². The summed E-state index contributed by atoms with van der Waals surface area (Å²) in [5, 5.41) is 0.666. The van der Waals surface area contributed by atoms with E-state index in [-0.39, 0.29) is 0 Å². The van der Waals surface area contributed by atoms with Crippen LogP contribution in [0.4, 0.5) is 4.79 Å². The number of rotatable bonds is 4. The normalized spacial score (nSPS) is 13.8. The minimum atomic E-state index is -0.480. The molecule has 0 bridgehead atoms. The highest BCUT2D eigenvalue weighted by Gasteiger charge is 2.21. The molecular weight excluding hydrogens is 402 g/mol. The third-order valence-electron chi connectivity index (χ3n) is 5.29. The summed E-state index contributed by atoms with van der Waals surface area (Å²) in [5.74, 6) is 1.47. The monoisotopic (exact) mass is 425 g/mol. The van der Waals surface area contributed by atoms with E-state index in [0.29, 0.717) is 71.2 Å². The van der Waals surface area contributed by atoms with Crippen molar-refractivity contribution in [3.63, 3.8) is 0 Å². The first kappa shape index (κ1) is 20.7. The second kappa shape index (κ2) is 8.69. The second-order valence-electron chi connectivity index (χ2n) is 7.08. The van der Waals surface area contributed by atoms with Gasteiger partial charge in [-0.3, -0.25) is 0 Å². The molecule has 8 heteroatoms. The number of ether oxygens (including phenoxy) is 4. The van der Waals surface area contributed by atoms with Crippen LogP contribution in [0, 0.1) is 6.92 Å². The van der Waals surface area contributed by atoms with Crippen molar-refractivity contribution in [2.75, 3.05) is 40.5 Å². The van der Waals surface area contributed by atoms with Crippen LogP contribution in [0.3, 0.4) is 0 Å². The van der Waals surface area contributed by atoms with Crippen molar-refractivity contribution in [3.05, 3.63) is 52.4 Å². The summed E-state index contributed by atoms with van der Waals surface area (Å²) in [6.07, 6.45) is -0.435. The van der Waals surface area contributed by atoms with Crippen LogP contribution in [-0.2, 0) is 4.74 Å². The van der Waals surface area contributed by atoms with Crippen LogP contribution >= 0.6 is 0 Å². The summed E-state index contributed by atoms with van der Waals surface area (Å²) in [5.41, 5.74) is 1.59. The molecule has 0 N–H and O–H groups in total. The topological polar surface area (TPSA) is 87.4 Å². The number of aryl methyl sites for hydroxylation is 1. The van der Waals surface area contributed by atoms with Crippen LogP contribution in [0.1, 0.15) is 5.56 Å². The van der Waals surface area contributed by atoms with Gasteiger partial charge in [-0.15, -0.1) is 0 Å². The number of methoxy groups -OCH3 is 2. The first-order valence-electron chi connectivity index (χ1n) is 9.86. The summed E-state index contributed by atoms with van der Waals surface area (Å²) >= 11 is 0. The smallest absolute Gasteiger partial charge is 0.415 e. The van der Waals surface area contributed by atoms with Gasteiger partial charge in [0.05, 0.1) is 33.0 Å². The summed E-state index contributed by atoms with van der Waals surface area (Å²) in [6, 6.07) is 10.1. The van der Waals surface area contributed by atoms with Gasteiger partial charge < -0.3 is 28.3 Å². The zero-order chi connectivity index (χ0) is 22.0.